The zero-order chi connectivity index (χ0) is 19.3. The van der Waals surface area contributed by atoms with Gasteiger partial charge in [-0.1, -0.05) is 69.7 Å². The molecular formula is C23H16BrN3O. The maximum atomic E-state index is 12.4. The standard InChI is InChI=1S/C23H16BrN3O/c24-20-11-7-18(8-12-20)22-16-25-26-27(22)21-13-9-19(10-14-21)23(28)15-6-17-4-2-1-3-5-17/h1-16H/b15-6+. The molecule has 0 aliphatic carbocycles. The van der Waals surface area contributed by atoms with E-state index in [1.54, 1.807) is 29.1 Å². The highest BCUT2D eigenvalue weighted by Crippen LogP contribution is 2.23. The Morgan fingerprint density at radius 1 is 0.893 bits per heavy atom. The van der Waals surface area contributed by atoms with Crippen LogP contribution in [0.2, 0.25) is 0 Å². The minimum atomic E-state index is -0.0397. The molecule has 0 unspecified atom stereocenters. The predicted molar refractivity (Wildman–Crippen MR) is 114 cm³/mol. The van der Waals surface area contributed by atoms with Crippen molar-refractivity contribution in [1.82, 2.24) is 15.0 Å². The van der Waals surface area contributed by atoms with Gasteiger partial charge in [0.2, 0.25) is 0 Å². The molecule has 0 atom stereocenters. The lowest BCUT2D eigenvalue weighted by Gasteiger charge is -2.07. The number of rotatable bonds is 5. The van der Waals surface area contributed by atoms with Crippen LogP contribution in [0.15, 0.2) is 95.6 Å². The smallest absolute Gasteiger partial charge is 0.185 e. The Kier molecular flexibility index (Phi) is 5.26. The van der Waals surface area contributed by atoms with Crippen molar-refractivity contribution in [3.05, 3.63) is 107 Å². The van der Waals surface area contributed by atoms with E-state index in [-0.39, 0.29) is 5.78 Å². The first-order valence-electron chi connectivity index (χ1n) is 8.75. The van der Waals surface area contributed by atoms with Crippen LogP contribution in [0.1, 0.15) is 15.9 Å². The van der Waals surface area contributed by atoms with Gasteiger partial charge in [0.05, 0.1) is 17.6 Å². The summed E-state index contributed by atoms with van der Waals surface area (Å²) in [6.45, 7) is 0. The summed E-state index contributed by atoms with van der Waals surface area (Å²) in [5.74, 6) is -0.0397. The van der Waals surface area contributed by atoms with Gasteiger partial charge in [0.25, 0.3) is 0 Å². The Morgan fingerprint density at radius 3 is 2.32 bits per heavy atom. The topological polar surface area (TPSA) is 47.8 Å². The van der Waals surface area contributed by atoms with Crippen molar-refractivity contribution in [2.45, 2.75) is 0 Å². The van der Waals surface area contributed by atoms with Gasteiger partial charge in [-0.15, -0.1) is 5.10 Å². The van der Waals surface area contributed by atoms with E-state index in [1.807, 2.05) is 72.8 Å². The van der Waals surface area contributed by atoms with Crippen LogP contribution >= 0.6 is 15.9 Å². The van der Waals surface area contributed by atoms with Crippen molar-refractivity contribution < 1.29 is 4.79 Å². The average Bonchev–Trinajstić information content (AvgIpc) is 3.23. The molecule has 0 saturated heterocycles. The van der Waals surface area contributed by atoms with Gasteiger partial charge < -0.3 is 0 Å². The second kappa shape index (κ2) is 8.15. The van der Waals surface area contributed by atoms with E-state index in [0.717, 1.165) is 27.0 Å². The van der Waals surface area contributed by atoms with Crippen molar-refractivity contribution in [3.8, 4) is 16.9 Å². The van der Waals surface area contributed by atoms with Crippen LogP contribution in [0.5, 0.6) is 0 Å². The van der Waals surface area contributed by atoms with Crippen molar-refractivity contribution in [1.29, 1.82) is 0 Å². The van der Waals surface area contributed by atoms with Crippen molar-refractivity contribution >= 4 is 27.8 Å². The van der Waals surface area contributed by atoms with E-state index in [1.165, 1.54) is 0 Å². The molecule has 28 heavy (non-hydrogen) atoms. The van der Waals surface area contributed by atoms with Crippen LogP contribution in [-0.2, 0) is 0 Å². The fourth-order valence-electron chi connectivity index (χ4n) is 2.84. The van der Waals surface area contributed by atoms with Crippen LogP contribution < -0.4 is 0 Å². The van der Waals surface area contributed by atoms with Gasteiger partial charge in [-0.2, -0.15) is 0 Å². The molecule has 0 radical (unpaired) electrons. The molecule has 4 nitrogen and oxygen atoms in total. The maximum Gasteiger partial charge on any atom is 0.185 e. The number of halogens is 1. The van der Waals surface area contributed by atoms with E-state index in [0.29, 0.717) is 5.56 Å². The third-order valence-corrected chi connectivity index (χ3v) is 4.84. The Morgan fingerprint density at radius 2 is 1.61 bits per heavy atom. The molecule has 5 heteroatoms. The first kappa shape index (κ1) is 18.1. The summed E-state index contributed by atoms with van der Waals surface area (Å²) < 4.78 is 2.78. The predicted octanol–water partition coefficient (Wildman–Crippen LogP) is 5.59. The van der Waals surface area contributed by atoms with Gasteiger partial charge in [-0.25, -0.2) is 4.68 Å². The molecule has 136 valence electrons. The first-order chi connectivity index (χ1) is 13.7. The molecule has 3 aromatic carbocycles. The van der Waals surface area contributed by atoms with Gasteiger partial charge in [-0.3, -0.25) is 4.79 Å². The summed E-state index contributed by atoms with van der Waals surface area (Å²) in [6, 6.07) is 25.1. The van der Waals surface area contributed by atoms with Gasteiger partial charge in [0, 0.05) is 15.6 Å². The van der Waals surface area contributed by atoms with Crippen molar-refractivity contribution in [2.24, 2.45) is 0 Å². The number of carbonyl (C=O) groups excluding carboxylic acids is 1. The third-order valence-electron chi connectivity index (χ3n) is 4.31. The summed E-state index contributed by atoms with van der Waals surface area (Å²) in [7, 11) is 0. The van der Waals surface area contributed by atoms with Gasteiger partial charge in [0.1, 0.15) is 0 Å². The number of aromatic nitrogens is 3. The SMILES string of the molecule is O=C(/C=C/c1ccccc1)c1ccc(-n2nncc2-c2ccc(Br)cc2)cc1. The molecule has 0 amide bonds. The molecule has 4 rings (SSSR count). The van der Waals surface area contributed by atoms with Crippen LogP contribution in [0.25, 0.3) is 23.0 Å². The summed E-state index contributed by atoms with van der Waals surface area (Å²) in [5, 5.41) is 8.23. The lowest BCUT2D eigenvalue weighted by molar-refractivity contribution is 0.104. The molecule has 0 aliphatic rings. The number of carbonyl (C=O) groups is 1. The van der Waals surface area contributed by atoms with Gasteiger partial charge >= 0.3 is 0 Å². The Labute approximate surface area is 171 Å². The second-order valence-electron chi connectivity index (χ2n) is 6.19. The van der Waals surface area contributed by atoms with E-state index < -0.39 is 0 Å². The summed E-state index contributed by atoms with van der Waals surface area (Å²) >= 11 is 3.45. The molecule has 1 heterocycles. The van der Waals surface area contributed by atoms with Crippen LogP contribution in [-0.4, -0.2) is 20.8 Å². The lowest BCUT2D eigenvalue weighted by atomic mass is 10.1. The van der Waals surface area contributed by atoms with Crippen LogP contribution in [0.3, 0.4) is 0 Å². The highest BCUT2D eigenvalue weighted by molar-refractivity contribution is 9.10. The number of hydrogen-bond donors (Lipinski definition) is 0. The van der Waals surface area contributed by atoms with E-state index >= 15 is 0 Å². The zero-order valence-corrected chi connectivity index (χ0v) is 16.5. The molecule has 0 aliphatic heterocycles. The summed E-state index contributed by atoms with van der Waals surface area (Å²) in [5.41, 5.74) is 4.36. The molecule has 4 aromatic rings. The van der Waals surface area contributed by atoms with E-state index in [4.69, 9.17) is 0 Å². The molecule has 0 saturated carbocycles. The van der Waals surface area contributed by atoms with Crippen LogP contribution in [0, 0.1) is 0 Å². The quantitative estimate of drug-likeness (QED) is 0.306. The zero-order valence-electron chi connectivity index (χ0n) is 14.9. The Balaban J connectivity index is 1.56. The minimum absolute atomic E-state index is 0.0397. The normalized spacial score (nSPS) is 11.0. The number of ketones is 1. The monoisotopic (exact) mass is 429 g/mol. The van der Waals surface area contributed by atoms with Gasteiger partial charge in [-0.05, 0) is 48.0 Å². The number of allylic oxidation sites excluding steroid dienone is 1. The highest BCUT2D eigenvalue weighted by atomic mass is 79.9. The van der Waals surface area contributed by atoms with E-state index in [9.17, 15) is 4.79 Å². The Bertz CT molecular complexity index is 1110. The molecular weight excluding hydrogens is 414 g/mol. The summed E-state index contributed by atoms with van der Waals surface area (Å²) in [4.78, 5) is 12.4. The number of benzene rings is 3. The highest BCUT2D eigenvalue weighted by Gasteiger charge is 2.10. The summed E-state index contributed by atoms with van der Waals surface area (Å²) in [6.07, 6.45) is 5.14. The average molecular weight is 430 g/mol. The largest absolute Gasteiger partial charge is 0.289 e. The van der Waals surface area contributed by atoms with Crippen molar-refractivity contribution in [2.75, 3.05) is 0 Å². The number of nitrogens with zero attached hydrogens (tertiary/aromatic N) is 3. The fourth-order valence-corrected chi connectivity index (χ4v) is 3.11. The second-order valence-corrected chi connectivity index (χ2v) is 7.11. The minimum Gasteiger partial charge on any atom is -0.289 e. The maximum absolute atomic E-state index is 12.4. The fraction of sp³-hybridized carbons (Fsp3) is 0. The molecule has 0 fully saturated rings. The lowest BCUT2D eigenvalue weighted by Crippen LogP contribution is -2.01. The van der Waals surface area contributed by atoms with E-state index in [2.05, 4.69) is 26.2 Å². The number of hydrogen-bond acceptors (Lipinski definition) is 3. The molecule has 0 bridgehead atoms. The van der Waals surface area contributed by atoms with Gasteiger partial charge in [0.15, 0.2) is 5.78 Å². The van der Waals surface area contributed by atoms with Crippen LogP contribution in [0.4, 0.5) is 0 Å². The molecule has 1 aromatic heterocycles. The molecule has 0 N–H and O–H groups in total. The molecule has 0 spiro atoms. The van der Waals surface area contributed by atoms with Crippen molar-refractivity contribution in [3.63, 3.8) is 0 Å². The Hall–Kier alpha value is -3.31. The first-order valence-corrected chi connectivity index (χ1v) is 9.54. The third kappa shape index (κ3) is 4.00.